The van der Waals surface area contributed by atoms with E-state index in [1.165, 1.54) is 0 Å². The molecule has 0 bridgehead atoms. The molecule has 0 aliphatic heterocycles. The van der Waals surface area contributed by atoms with Gasteiger partial charge in [-0.1, -0.05) is 0 Å². The summed E-state index contributed by atoms with van der Waals surface area (Å²) in [4.78, 5) is 0. The van der Waals surface area contributed by atoms with Crippen molar-refractivity contribution in [2.75, 3.05) is 0 Å². The van der Waals surface area contributed by atoms with Crippen molar-refractivity contribution in [3.05, 3.63) is 35.9 Å². The van der Waals surface area contributed by atoms with Crippen molar-refractivity contribution >= 4 is 0 Å². The Labute approximate surface area is 84.2 Å². The fourth-order valence-corrected chi connectivity index (χ4v) is 1.06. The Hall–Kier alpha value is -1.58. The van der Waals surface area contributed by atoms with E-state index < -0.39 is 0 Å². The van der Waals surface area contributed by atoms with E-state index >= 15 is 0 Å². The molecule has 0 N–H and O–H groups in total. The van der Waals surface area contributed by atoms with Gasteiger partial charge in [-0.3, -0.25) is 9.36 Å². The molecule has 0 saturated heterocycles. The number of aromatic nitrogens is 4. The molecule has 0 amide bonds. The highest BCUT2D eigenvalue weighted by molar-refractivity contribution is 4.94. The average Bonchev–Trinajstić information content (AvgIpc) is 2.63. The molecule has 14 heavy (non-hydrogen) atoms. The number of aryl methyl sites for hydroxylation is 4. The van der Waals surface area contributed by atoms with Crippen LogP contribution in [0.1, 0.15) is 11.4 Å². The van der Waals surface area contributed by atoms with Crippen LogP contribution in [0.15, 0.2) is 24.5 Å². The van der Waals surface area contributed by atoms with Crippen LogP contribution in [0.5, 0.6) is 0 Å². The van der Waals surface area contributed by atoms with Gasteiger partial charge in [0.25, 0.3) is 0 Å². The molecule has 0 fully saturated rings. The van der Waals surface area contributed by atoms with Gasteiger partial charge in [-0.15, -0.1) is 0 Å². The minimum Gasteiger partial charge on any atom is -0.276 e. The van der Waals surface area contributed by atoms with Gasteiger partial charge in [-0.05, 0) is 26.0 Å². The maximum Gasteiger partial charge on any atom is 0.0593 e. The van der Waals surface area contributed by atoms with Gasteiger partial charge < -0.3 is 0 Å². The number of rotatable bonds is 0. The normalized spacial score (nSPS) is 9.43. The summed E-state index contributed by atoms with van der Waals surface area (Å²) in [6.07, 6.45) is 3.85. The molecule has 0 saturated carbocycles. The Morgan fingerprint density at radius 1 is 0.857 bits per heavy atom. The molecule has 0 spiro atoms. The molecular formula is C10H16N4. The predicted octanol–water partition coefficient (Wildman–Crippen LogP) is 1.46. The van der Waals surface area contributed by atoms with E-state index in [4.69, 9.17) is 0 Å². The summed E-state index contributed by atoms with van der Waals surface area (Å²) in [5.74, 6) is 0. The highest BCUT2D eigenvalue weighted by atomic mass is 15.2. The lowest BCUT2D eigenvalue weighted by molar-refractivity contribution is 0.756. The van der Waals surface area contributed by atoms with Crippen molar-refractivity contribution in [2.45, 2.75) is 13.8 Å². The van der Waals surface area contributed by atoms with Crippen molar-refractivity contribution in [3.8, 4) is 0 Å². The van der Waals surface area contributed by atoms with Crippen LogP contribution < -0.4 is 0 Å². The Balaban J connectivity index is 0.000000140. The summed E-state index contributed by atoms with van der Waals surface area (Å²) in [6, 6.07) is 3.94. The first-order valence-electron chi connectivity index (χ1n) is 4.50. The molecule has 0 aliphatic rings. The molecular weight excluding hydrogens is 176 g/mol. The minimum absolute atomic E-state index is 1.07. The van der Waals surface area contributed by atoms with E-state index in [0.29, 0.717) is 0 Å². The van der Waals surface area contributed by atoms with E-state index in [1.807, 2.05) is 52.5 Å². The van der Waals surface area contributed by atoms with Crippen LogP contribution in [-0.4, -0.2) is 19.6 Å². The second kappa shape index (κ2) is 4.60. The topological polar surface area (TPSA) is 35.6 Å². The summed E-state index contributed by atoms with van der Waals surface area (Å²) in [7, 11) is 3.82. The molecule has 4 heteroatoms. The zero-order valence-electron chi connectivity index (χ0n) is 9.10. The molecule has 0 aromatic carbocycles. The lowest BCUT2D eigenvalue weighted by atomic mass is 10.5. The molecule has 0 aliphatic carbocycles. The van der Waals surface area contributed by atoms with E-state index in [-0.39, 0.29) is 0 Å². The lowest BCUT2D eigenvalue weighted by Gasteiger charge is -1.79. The third-order valence-corrected chi connectivity index (χ3v) is 1.69. The zero-order chi connectivity index (χ0) is 10.6. The zero-order valence-corrected chi connectivity index (χ0v) is 9.10. The maximum absolute atomic E-state index is 4.03. The third-order valence-electron chi connectivity index (χ3n) is 1.69. The van der Waals surface area contributed by atoms with Crippen molar-refractivity contribution in [1.29, 1.82) is 0 Å². The van der Waals surface area contributed by atoms with Crippen LogP contribution in [0.25, 0.3) is 0 Å². The van der Waals surface area contributed by atoms with Crippen molar-refractivity contribution in [2.24, 2.45) is 14.1 Å². The van der Waals surface area contributed by atoms with Gasteiger partial charge in [0.1, 0.15) is 0 Å². The largest absolute Gasteiger partial charge is 0.276 e. The Morgan fingerprint density at radius 2 is 1.21 bits per heavy atom. The first-order chi connectivity index (χ1) is 6.58. The predicted molar refractivity (Wildman–Crippen MR) is 55.9 cm³/mol. The standard InChI is InChI=1S/2C5H8N2/c2*1-5-3-4-7(2)6-5/h2*3-4H,1-2H3. The first-order valence-corrected chi connectivity index (χ1v) is 4.50. The van der Waals surface area contributed by atoms with Crippen LogP contribution in [-0.2, 0) is 14.1 Å². The molecule has 4 nitrogen and oxygen atoms in total. The van der Waals surface area contributed by atoms with Crippen molar-refractivity contribution < 1.29 is 0 Å². The van der Waals surface area contributed by atoms with Gasteiger partial charge in [0.05, 0.1) is 11.4 Å². The second-order valence-corrected chi connectivity index (χ2v) is 3.26. The van der Waals surface area contributed by atoms with Gasteiger partial charge in [-0.2, -0.15) is 10.2 Å². The molecule has 2 heterocycles. The monoisotopic (exact) mass is 192 g/mol. The average molecular weight is 192 g/mol. The van der Waals surface area contributed by atoms with E-state index in [9.17, 15) is 0 Å². The first kappa shape index (κ1) is 10.5. The second-order valence-electron chi connectivity index (χ2n) is 3.26. The SMILES string of the molecule is Cc1ccn(C)n1.Cc1ccn(C)n1. The molecule has 76 valence electrons. The van der Waals surface area contributed by atoms with Gasteiger partial charge in [0.15, 0.2) is 0 Å². The van der Waals surface area contributed by atoms with Crippen LogP contribution in [0.2, 0.25) is 0 Å². The summed E-state index contributed by atoms with van der Waals surface area (Å²) in [5, 5.41) is 8.06. The summed E-state index contributed by atoms with van der Waals surface area (Å²) < 4.78 is 3.57. The summed E-state index contributed by atoms with van der Waals surface area (Å²) >= 11 is 0. The fourth-order valence-electron chi connectivity index (χ4n) is 1.06. The van der Waals surface area contributed by atoms with Gasteiger partial charge in [0.2, 0.25) is 0 Å². The highest BCUT2D eigenvalue weighted by Gasteiger charge is 1.82. The van der Waals surface area contributed by atoms with E-state index in [0.717, 1.165) is 11.4 Å². The molecule has 2 aromatic heterocycles. The van der Waals surface area contributed by atoms with Crippen LogP contribution >= 0.6 is 0 Å². The number of nitrogens with zero attached hydrogens (tertiary/aromatic N) is 4. The quantitative estimate of drug-likeness (QED) is 0.633. The lowest BCUT2D eigenvalue weighted by Crippen LogP contribution is -1.86. The van der Waals surface area contributed by atoms with Crippen molar-refractivity contribution in [3.63, 3.8) is 0 Å². The summed E-state index contributed by atoms with van der Waals surface area (Å²) in [6.45, 7) is 3.94. The van der Waals surface area contributed by atoms with E-state index in [2.05, 4.69) is 10.2 Å². The molecule has 2 aromatic rings. The Morgan fingerprint density at radius 3 is 1.29 bits per heavy atom. The number of hydrogen-bond acceptors (Lipinski definition) is 2. The van der Waals surface area contributed by atoms with Crippen LogP contribution in [0.3, 0.4) is 0 Å². The third kappa shape index (κ3) is 3.43. The highest BCUT2D eigenvalue weighted by Crippen LogP contribution is 1.87. The molecule has 2 rings (SSSR count). The molecule has 0 unspecified atom stereocenters. The number of hydrogen-bond donors (Lipinski definition) is 0. The molecule has 0 radical (unpaired) electrons. The summed E-state index contributed by atoms with van der Waals surface area (Å²) in [5.41, 5.74) is 2.14. The van der Waals surface area contributed by atoms with Gasteiger partial charge in [-0.25, -0.2) is 0 Å². The smallest absolute Gasteiger partial charge is 0.0593 e. The van der Waals surface area contributed by atoms with E-state index in [1.54, 1.807) is 9.36 Å². The van der Waals surface area contributed by atoms with Crippen molar-refractivity contribution in [1.82, 2.24) is 19.6 Å². The van der Waals surface area contributed by atoms with Crippen LogP contribution in [0.4, 0.5) is 0 Å². The minimum atomic E-state index is 1.07. The van der Waals surface area contributed by atoms with Gasteiger partial charge >= 0.3 is 0 Å². The maximum atomic E-state index is 4.03. The van der Waals surface area contributed by atoms with Gasteiger partial charge in [0, 0.05) is 26.5 Å². The molecule has 0 atom stereocenters. The van der Waals surface area contributed by atoms with Crippen LogP contribution in [0, 0.1) is 13.8 Å². The Bertz CT molecular complexity index is 315. The fraction of sp³-hybridized carbons (Fsp3) is 0.400. The Kier molecular flexibility index (Phi) is 3.45.